The highest BCUT2D eigenvalue weighted by molar-refractivity contribution is 7.54. The third-order valence-electron chi connectivity index (χ3n) is 5.11. The van der Waals surface area contributed by atoms with E-state index in [9.17, 15) is 4.57 Å². The van der Waals surface area contributed by atoms with Gasteiger partial charge in [0.2, 0.25) is 5.75 Å². The third kappa shape index (κ3) is 4.39. The van der Waals surface area contributed by atoms with Gasteiger partial charge in [-0.25, -0.2) is 0 Å². The number of ether oxygens (including phenoxy) is 3. The van der Waals surface area contributed by atoms with Gasteiger partial charge in [0.25, 0.3) is 0 Å². The summed E-state index contributed by atoms with van der Waals surface area (Å²) in [6.45, 7) is 5.59. The van der Waals surface area contributed by atoms with Crippen LogP contribution in [0.25, 0.3) is 0 Å². The molecular weight excluding hydrogens is 425 g/mol. The summed E-state index contributed by atoms with van der Waals surface area (Å²) in [7, 11) is 1.14. The molecule has 0 saturated heterocycles. The minimum atomic E-state index is -3.55. The average Bonchev–Trinajstić information content (AvgIpc) is 3.21. The molecule has 0 radical (unpaired) electrons. The molecule has 30 heavy (non-hydrogen) atoms. The Hall–Kier alpha value is -1.57. The Kier molecular flexibility index (Phi) is 7.82. The zero-order chi connectivity index (χ0) is 21.7. The van der Waals surface area contributed by atoms with Crippen LogP contribution in [0.15, 0.2) is 23.6 Å². The van der Waals surface area contributed by atoms with Gasteiger partial charge >= 0.3 is 7.60 Å². The first kappa shape index (κ1) is 23.1. The highest BCUT2D eigenvalue weighted by Crippen LogP contribution is 2.65. The smallest absolute Gasteiger partial charge is 0.352 e. The summed E-state index contributed by atoms with van der Waals surface area (Å²) < 4.78 is 42.4. The summed E-state index contributed by atoms with van der Waals surface area (Å²) in [5.41, 5.74) is 1.94. The van der Waals surface area contributed by atoms with Crippen LogP contribution < -0.4 is 14.2 Å². The first-order chi connectivity index (χ1) is 14.5. The Bertz CT molecular complexity index is 892. The maximum Gasteiger partial charge on any atom is 0.352 e. The zero-order valence-electron chi connectivity index (χ0n) is 18.2. The average molecular weight is 456 g/mol. The maximum absolute atomic E-state index is 14.1. The quantitative estimate of drug-likeness (QED) is 0.462. The van der Waals surface area contributed by atoms with Gasteiger partial charge in [0, 0.05) is 23.5 Å². The molecule has 1 aliphatic rings. The summed E-state index contributed by atoms with van der Waals surface area (Å²) in [4.78, 5) is 3.53. The van der Waals surface area contributed by atoms with Crippen LogP contribution in [0, 0.1) is 0 Å². The van der Waals surface area contributed by atoms with E-state index in [1.54, 1.807) is 38.7 Å². The molecule has 0 aliphatic carbocycles. The molecule has 1 aromatic heterocycles. The highest BCUT2D eigenvalue weighted by atomic mass is 32.1. The van der Waals surface area contributed by atoms with E-state index in [0.29, 0.717) is 29.4 Å². The van der Waals surface area contributed by atoms with Gasteiger partial charge in [-0.05, 0) is 49.4 Å². The second-order valence-electron chi connectivity index (χ2n) is 6.76. The van der Waals surface area contributed by atoms with Crippen LogP contribution in [0.3, 0.4) is 0 Å². The molecule has 0 spiro atoms. The molecule has 3 rings (SSSR count). The number of thiophene rings is 1. The molecule has 166 valence electrons. The van der Waals surface area contributed by atoms with Gasteiger partial charge in [-0.1, -0.05) is 0 Å². The normalized spacial score (nSPS) is 15.5. The van der Waals surface area contributed by atoms with E-state index in [4.69, 9.17) is 23.3 Å². The lowest BCUT2D eigenvalue weighted by Crippen LogP contribution is -2.34. The van der Waals surface area contributed by atoms with Crippen LogP contribution in [0.5, 0.6) is 17.2 Å². The van der Waals surface area contributed by atoms with Gasteiger partial charge in [-0.2, -0.15) is 0 Å². The number of methoxy groups -OCH3 is 3. The van der Waals surface area contributed by atoms with Crippen molar-refractivity contribution in [1.29, 1.82) is 0 Å². The van der Waals surface area contributed by atoms with Crippen molar-refractivity contribution in [3.05, 3.63) is 39.6 Å². The van der Waals surface area contributed by atoms with Crippen molar-refractivity contribution in [1.82, 2.24) is 4.90 Å². The molecule has 1 unspecified atom stereocenters. The number of hydrogen-bond acceptors (Lipinski definition) is 8. The molecule has 2 aromatic rings. The molecular formula is C21H30NO6PS. The predicted molar refractivity (Wildman–Crippen MR) is 118 cm³/mol. The minimum absolute atomic E-state index is 0.279. The first-order valence-corrected chi connectivity index (χ1v) is 12.5. The van der Waals surface area contributed by atoms with Crippen molar-refractivity contribution >= 4 is 18.9 Å². The van der Waals surface area contributed by atoms with Crippen molar-refractivity contribution in [3.63, 3.8) is 0 Å². The van der Waals surface area contributed by atoms with Gasteiger partial charge in [0.05, 0.1) is 34.5 Å². The van der Waals surface area contributed by atoms with Crippen molar-refractivity contribution < 1.29 is 27.8 Å². The second kappa shape index (κ2) is 10.2. The molecule has 1 aliphatic heterocycles. The number of nitrogens with zero attached hydrogens (tertiary/aromatic N) is 1. The van der Waals surface area contributed by atoms with Crippen LogP contribution >= 0.6 is 18.9 Å². The standard InChI is InChI=1S/C21H30NO6PS/c1-6-27-29(23,28-7-2)21(22-12-10-18-15(14-22)11-13-30-18)16-8-9-17(24-3)20(26-5)19(16)25-4/h8-9,11,13,21H,6-7,10,12,14H2,1-5H3. The molecule has 1 atom stereocenters. The fourth-order valence-corrected chi connectivity index (χ4v) is 7.02. The summed E-state index contributed by atoms with van der Waals surface area (Å²) in [5.74, 6) is 0.825. The summed E-state index contributed by atoms with van der Waals surface area (Å²) >= 11 is 1.76. The SMILES string of the molecule is CCOP(=O)(OCC)C(c1ccc(OC)c(OC)c1OC)N1CCc2sccc2C1. The molecule has 9 heteroatoms. The largest absolute Gasteiger partial charge is 0.493 e. The summed E-state index contributed by atoms with van der Waals surface area (Å²) in [6, 6.07) is 5.78. The topological polar surface area (TPSA) is 66.5 Å². The number of fused-ring (bicyclic) bond motifs is 1. The molecule has 0 N–H and O–H groups in total. The lowest BCUT2D eigenvalue weighted by molar-refractivity contribution is 0.153. The lowest BCUT2D eigenvalue weighted by atomic mass is 10.1. The fraction of sp³-hybridized carbons (Fsp3) is 0.524. The molecule has 1 aromatic carbocycles. The van der Waals surface area contributed by atoms with Gasteiger partial charge in [0.1, 0.15) is 5.78 Å². The molecule has 2 heterocycles. The fourth-order valence-electron chi connectivity index (χ4n) is 3.91. The van der Waals surface area contributed by atoms with Crippen molar-refractivity contribution in [2.24, 2.45) is 0 Å². The van der Waals surface area contributed by atoms with Gasteiger partial charge in [-0.3, -0.25) is 9.46 Å². The predicted octanol–water partition coefficient (Wildman–Crippen LogP) is 5.10. The molecule has 0 fully saturated rings. The van der Waals surface area contributed by atoms with Gasteiger partial charge in [0.15, 0.2) is 11.5 Å². The van der Waals surface area contributed by atoms with Crippen LogP contribution in [0.2, 0.25) is 0 Å². The molecule has 0 bridgehead atoms. The highest BCUT2D eigenvalue weighted by Gasteiger charge is 2.44. The van der Waals surface area contributed by atoms with Crippen molar-refractivity contribution in [2.75, 3.05) is 41.1 Å². The first-order valence-electron chi connectivity index (χ1n) is 9.99. The van der Waals surface area contributed by atoms with Crippen LogP contribution in [0.4, 0.5) is 0 Å². The Morgan fingerprint density at radius 1 is 1.03 bits per heavy atom. The van der Waals surface area contributed by atoms with Crippen LogP contribution in [-0.2, 0) is 26.6 Å². The van der Waals surface area contributed by atoms with Gasteiger partial charge in [-0.15, -0.1) is 11.3 Å². The van der Waals surface area contributed by atoms with E-state index >= 15 is 0 Å². The Morgan fingerprint density at radius 3 is 2.33 bits per heavy atom. The molecule has 7 nitrogen and oxygen atoms in total. The van der Waals surface area contributed by atoms with Gasteiger partial charge < -0.3 is 23.3 Å². The van der Waals surface area contributed by atoms with Crippen LogP contribution in [-0.4, -0.2) is 46.0 Å². The number of hydrogen-bond donors (Lipinski definition) is 0. The second-order valence-corrected chi connectivity index (χ2v) is 9.85. The Labute approximate surface area is 182 Å². The van der Waals surface area contributed by atoms with Crippen LogP contribution in [0.1, 0.15) is 35.6 Å². The lowest BCUT2D eigenvalue weighted by Gasteiger charge is -2.38. The molecule has 0 amide bonds. The third-order valence-corrected chi connectivity index (χ3v) is 8.58. The number of rotatable bonds is 10. The maximum atomic E-state index is 14.1. The van der Waals surface area contributed by atoms with E-state index in [-0.39, 0.29) is 13.2 Å². The van der Waals surface area contributed by atoms with Crippen molar-refractivity contribution in [2.45, 2.75) is 32.6 Å². The van der Waals surface area contributed by atoms with E-state index in [1.165, 1.54) is 10.4 Å². The monoisotopic (exact) mass is 455 g/mol. The van der Waals surface area contributed by atoms with E-state index in [0.717, 1.165) is 13.0 Å². The summed E-state index contributed by atoms with van der Waals surface area (Å²) in [6.07, 6.45) is 0.886. The van der Waals surface area contributed by atoms with E-state index in [1.807, 2.05) is 19.9 Å². The number of benzene rings is 1. The van der Waals surface area contributed by atoms with Crippen molar-refractivity contribution in [3.8, 4) is 17.2 Å². The Morgan fingerprint density at radius 2 is 1.73 bits per heavy atom. The Balaban J connectivity index is 2.16. The van der Waals surface area contributed by atoms with E-state index < -0.39 is 13.4 Å². The minimum Gasteiger partial charge on any atom is -0.493 e. The summed E-state index contributed by atoms with van der Waals surface area (Å²) in [5, 5.41) is 2.10. The zero-order valence-corrected chi connectivity index (χ0v) is 19.9. The molecule has 0 saturated carbocycles. The van der Waals surface area contributed by atoms with E-state index in [2.05, 4.69) is 16.3 Å².